The van der Waals surface area contributed by atoms with E-state index < -0.39 is 8.53 Å². The average Bonchev–Trinajstić information content (AvgIpc) is 2.84. The Morgan fingerprint density at radius 2 is 2.04 bits per heavy atom. The van der Waals surface area contributed by atoms with Crippen molar-refractivity contribution < 1.29 is 13.8 Å². The van der Waals surface area contributed by atoms with Gasteiger partial charge in [-0.25, -0.2) is 4.67 Å². The van der Waals surface area contributed by atoms with Gasteiger partial charge < -0.3 is 13.8 Å². The average molecular weight is 339 g/mol. The van der Waals surface area contributed by atoms with Gasteiger partial charge in [0, 0.05) is 17.5 Å². The van der Waals surface area contributed by atoms with Crippen LogP contribution in [0.25, 0.3) is 0 Å². The predicted octanol–water partition coefficient (Wildman–Crippen LogP) is 3.84. The maximum absolute atomic E-state index is 6.47. The number of hydrogen-bond acceptors (Lipinski definition) is 4. The van der Waals surface area contributed by atoms with Crippen molar-refractivity contribution in [2.24, 2.45) is 11.8 Å². The van der Waals surface area contributed by atoms with Crippen LogP contribution in [0.2, 0.25) is 0 Å². The highest BCUT2D eigenvalue weighted by Gasteiger charge is 2.51. The van der Waals surface area contributed by atoms with E-state index in [1.165, 1.54) is 12.8 Å². The molecular formula is C17H31BNO3P. The Kier molecular flexibility index (Phi) is 5.45. The molecule has 3 aliphatic rings. The van der Waals surface area contributed by atoms with E-state index in [4.69, 9.17) is 21.6 Å². The maximum Gasteiger partial charge on any atom is 0.259 e. The summed E-state index contributed by atoms with van der Waals surface area (Å²) in [4.78, 5) is 0. The van der Waals surface area contributed by atoms with E-state index in [1.807, 2.05) is 0 Å². The van der Waals surface area contributed by atoms with Gasteiger partial charge in [0.2, 0.25) is 0 Å². The van der Waals surface area contributed by atoms with Gasteiger partial charge in [0.1, 0.15) is 7.85 Å². The first-order valence-electron chi connectivity index (χ1n) is 9.11. The lowest BCUT2D eigenvalue weighted by Gasteiger charge is -2.55. The molecule has 0 bridgehead atoms. The minimum atomic E-state index is -1.05. The summed E-state index contributed by atoms with van der Waals surface area (Å²) in [7, 11) is 7.06. The first-order chi connectivity index (χ1) is 10.8. The van der Waals surface area contributed by atoms with Crippen LogP contribution in [0.3, 0.4) is 0 Å². The van der Waals surface area contributed by atoms with Crippen molar-refractivity contribution in [3.05, 3.63) is 0 Å². The van der Waals surface area contributed by atoms with Crippen LogP contribution in [0, 0.1) is 11.8 Å². The summed E-state index contributed by atoms with van der Waals surface area (Å²) in [6.45, 7) is 9.15. The fourth-order valence-corrected chi connectivity index (χ4v) is 6.14. The lowest BCUT2D eigenvalue weighted by molar-refractivity contribution is -0.0562. The molecule has 130 valence electrons. The molecule has 6 heteroatoms. The Labute approximate surface area is 144 Å². The van der Waals surface area contributed by atoms with Gasteiger partial charge in [0.05, 0.1) is 18.3 Å². The normalized spacial score (nSPS) is 47.4. The number of nitrogens with zero attached hydrogens (tertiary/aromatic N) is 1. The van der Waals surface area contributed by atoms with Crippen LogP contribution in [-0.2, 0) is 13.8 Å². The molecule has 2 aliphatic heterocycles. The molecule has 1 aliphatic carbocycles. The third-order valence-electron chi connectivity index (χ3n) is 6.12. The van der Waals surface area contributed by atoms with E-state index in [9.17, 15) is 0 Å². The van der Waals surface area contributed by atoms with E-state index in [0.717, 1.165) is 25.2 Å². The van der Waals surface area contributed by atoms with Crippen LogP contribution in [0.4, 0.5) is 0 Å². The summed E-state index contributed by atoms with van der Waals surface area (Å²) in [6.07, 6.45) is 5.88. The zero-order valence-corrected chi connectivity index (χ0v) is 16.1. The molecule has 23 heavy (non-hydrogen) atoms. The minimum Gasteiger partial charge on any atom is -0.382 e. The van der Waals surface area contributed by atoms with Crippen molar-refractivity contribution in [2.75, 3.05) is 7.05 Å². The van der Waals surface area contributed by atoms with Crippen molar-refractivity contribution in [3.63, 3.8) is 0 Å². The van der Waals surface area contributed by atoms with E-state index in [0.29, 0.717) is 12.0 Å². The van der Waals surface area contributed by atoms with Crippen LogP contribution in [0.15, 0.2) is 0 Å². The Balaban J connectivity index is 1.72. The lowest BCUT2D eigenvalue weighted by atomic mass is 9.72. The molecule has 0 aromatic rings. The number of rotatable bonds is 3. The first kappa shape index (κ1) is 18.1. The van der Waals surface area contributed by atoms with E-state index in [1.54, 1.807) is 0 Å². The molecule has 0 N–H and O–H groups in total. The van der Waals surface area contributed by atoms with Gasteiger partial charge in [-0.3, -0.25) is 0 Å². The zero-order valence-electron chi connectivity index (χ0n) is 15.2. The highest BCUT2D eigenvalue weighted by atomic mass is 31.2. The Hall–Kier alpha value is 0.335. The Morgan fingerprint density at radius 3 is 2.74 bits per heavy atom. The van der Waals surface area contributed by atoms with Crippen LogP contribution in [-0.4, -0.2) is 49.4 Å². The molecule has 4 nitrogen and oxygen atoms in total. The van der Waals surface area contributed by atoms with Gasteiger partial charge in [-0.05, 0) is 52.5 Å². The van der Waals surface area contributed by atoms with Crippen LogP contribution in [0.1, 0.15) is 59.8 Å². The largest absolute Gasteiger partial charge is 0.382 e. The Bertz CT molecular complexity index is 425. The predicted molar refractivity (Wildman–Crippen MR) is 94.3 cm³/mol. The van der Waals surface area contributed by atoms with Gasteiger partial charge >= 0.3 is 0 Å². The van der Waals surface area contributed by atoms with Gasteiger partial charge in [-0.2, -0.15) is 0 Å². The molecule has 3 fully saturated rings. The third-order valence-corrected chi connectivity index (χ3v) is 8.03. The quantitative estimate of drug-likeness (QED) is 0.577. The molecule has 2 heterocycles. The van der Waals surface area contributed by atoms with E-state index in [-0.39, 0.29) is 23.8 Å². The second-order valence-corrected chi connectivity index (χ2v) is 9.58. The second-order valence-electron chi connectivity index (χ2n) is 8.08. The van der Waals surface area contributed by atoms with Crippen molar-refractivity contribution >= 4 is 16.4 Å². The highest BCUT2D eigenvalue weighted by molar-refractivity contribution is 7.44. The smallest absolute Gasteiger partial charge is 0.259 e. The zero-order chi connectivity index (χ0) is 16.8. The monoisotopic (exact) mass is 339 g/mol. The van der Waals surface area contributed by atoms with Crippen LogP contribution < -0.4 is 0 Å². The molecule has 1 saturated carbocycles. The van der Waals surface area contributed by atoms with Crippen molar-refractivity contribution in [3.8, 4) is 0 Å². The fourth-order valence-electron chi connectivity index (χ4n) is 4.32. The van der Waals surface area contributed by atoms with Crippen LogP contribution >= 0.6 is 8.53 Å². The summed E-state index contributed by atoms with van der Waals surface area (Å²) >= 11 is 0. The van der Waals surface area contributed by atoms with E-state index in [2.05, 4.69) is 39.4 Å². The van der Waals surface area contributed by atoms with Gasteiger partial charge in [0.25, 0.3) is 8.53 Å². The summed E-state index contributed by atoms with van der Waals surface area (Å²) in [5.41, 5.74) is 0.109. The lowest BCUT2D eigenvalue weighted by Crippen LogP contribution is -2.56. The molecule has 0 amide bonds. The highest BCUT2D eigenvalue weighted by Crippen LogP contribution is 2.59. The number of ether oxygens (including phenoxy) is 1. The molecule has 0 aromatic heterocycles. The van der Waals surface area contributed by atoms with Crippen molar-refractivity contribution in [1.29, 1.82) is 0 Å². The maximum atomic E-state index is 6.47. The summed E-state index contributed by atoms with van der Waals surface area (Å²) in [6, 6.07) is -0.203. The fraction of sp³-hybridized carbons (Fsp3) is 1.00. The molecule has 2 radical (unpaired) electrons. The molecular weight excluding hydrogens is 308 g/mol. The second kappa shape index (κ2) is 6.92. The summed E-state index contributed by atoms with van der Waals surface area (Å²) < 4.78 is 21.0. The topological polar surface area (TPSA) is 30.9 Å². The van der Waals surface area contributed by atoms with Crippen molar-refractivity contribution in [1.82, 2.24) is 4.67 Å². The van der Waals surface area contributed by atoms with Gasteiger partial charge in [-0.15, -0.1) is 0 Å². The number of hydrogen-bond donors (Lipinski definition) is 0. The SMILES string of the molecule is [B]C1CC(OP2OC3CC(C)CCC3C(C)(C)N2C)C(CC)O1. The van der Waals surface area contributed by atoms with Gasteiger partial charge in [-0.1, -0.05) is 20.3 Å². The molecule has 0 spiro atoms. The Morgan fingerprint density at radius 1 is 1.30 bits per heavy atom. The summed E-state index contributed by atoms with van der Waals surface area (Å²) in [5.74, 6) is 1.34. The third kappa shape index (κ3) is 3.50. The molecule has 7 unspecified atom stereocenters. The number of fused-ring (bicyclic) bond motifs is 1. The van der Waals surface area contributed by atoms with Crippen molar-refractivity contribution in [2.45, 2.75) is 89.7 Å². The van der Waals surface area contributed by atoms with Crippen LogP contribution in [0.5, 0.6) is 0 Å². The first-order valence-corrected chi connectivity index (χ1v) is 10.2. The molecule has 7 atom stereocenters. The minimum absolute atomic E-state index is 0.0527. The molecule has 0 aromatic carbocycles. The summed E-state index contributed by atoms with van der Waals surface area (Å²) in [5, 5.41) is 0. The molecule has 2 saturated heterocycles. The van der Waals surface area contributed by atoms with Gasteiger partial charge in [0.15, 0.2) is 0 Å². The molecule has 3 rings (SSSR count). The van der Waals surface area contributed by atoms with E-state index >= 15 is 0 Å². The standard InChI is InChI=1S/C17H31BNO3P/c1-6-13-15(10-16(18)20-13)22-23-19(5)17(3,4)12-8-7-11(2)9-14(12)21-23/h11-16H,6-10H2,1-5H3.